The van der Waals surface area contributed by atoms with Crippen LogP contribution >= 0.6 is 0 Å². The Hall–Kier alpha value is -3.99. The number of likely N-dealkylation sites (N-methyl/N-ethyl adjacent to an activating group) is 1. The number of allylic oxidation sites excluding steroid dienone is 2. The van der Waals surface area contributed by atoms with Gasteiger partial charge in [-0.3, -0.25) is 0 Å². The molecule has 6 rings (SSSR count). The maximum Gasteiger partial charge on any atom is 0.221 e. The number of anilines is 1. The van der Waals surface area contributed by atoms with Gasteiger partial charge in [-0.15, -0.1) is 0 Å². The molecule has 36 heavy (non-hydrogen) atoms. The summed E-state index contributed by atoms with van der Waals surface area (Å²) in [5.41, 5.74) is 8.16. The van der Waals surface area contributed by atoms with Crippen molar-refractivity contribution >= 4 is 14.1 Å². The third-order valence-corrected chi connectivity index (χ3v) is 7.00. The maximum absolute atomic E-state index is 6.37. The second-order valence-corrected chi connectivity index (χ2v) is 9.15. The van der Waals surface area contributed by atoms with Gasteiger partial charge in [-0.2, -0.15) is 4.98 Å². The smallest absolute Gasteiger partial charge is 0.221 e. The molecule has 3 radical (unpaired) electrons. The van der Waals surface area contributed by atoms with Crippen LogP contribution in [0.3, 0.4) is 0 Å². The molecule has 1 aliphatic carbocycles. The molecule has 0 N–H and O–H groups in total. The Morgan fingerprint density at radius 2 is 1.39 bits per heavy atom. The lowest BCUT2D eigenvalue weighted by molar-refractivity contribution is 0.264. The van der Waals surface area contributed by atoms with Gasteiger partial charge in [0, 0.05) is 38.5 Å². The van der Waals surface area contributed by atoms with E-state index < -0.39 is 0 Å². The van der Waals surface area contributed by atoms with Crippen molar-refractivity contribution in [3.05, 3.63) is 131 Å². The van der Waals surface area contributed by atoms with Crippen molar-refractivity contribution in [1.82, 2.24) is 4.98 Å². The van der Waals surface area contributed by atoms with Gasteiger partial charge in [0.15, 0.2) is 0 Å². The molecule has 4 nitrogen and oxygen atoms in total. The van der Waals surface area contributed by atoms with Gasteiger partial charge >= 0.3 is 0 Å². The van der Waals surface area contributed by atoms with Crippen LogP contribution in [0.2, 0.25) is 0 Å². The third-order valence-electron chi connectivity index (χ3n) is 7.00. The second-order valence-electron chi connectivity index (χ2n) is 9.15. The lowest BCUT2D eigenvalue weighted by Crippen LogP contribution is -2.15. The zero-order valence-electron chi connectivity index (χ0n) is 20.6. The van der Waals surface area contributed by atoms with E-state index in [0.29, 0.717) is 25.0 Å². The van der Waals surface area contributed by atoms with Gasteiger partial charge in [0.1, 0.15) is 13.2 Å². The van der Waals surface area contributed by atoms with E-state index in [1.54, 1.807) is 0 Å². The number of nitrogens with zero attached hydrogens (tertiary/aromatic N) is 2. The quantitative estimate of drug-likeness (QED) is 0.293. The summed E-state index contributed by atoms with van der Waals surface area (Å²) < 4.78 is 12.4. The van der Waals surface area contributed by atoms with E-state index in [9.17, 15) is 0 Å². The van der Waals surface area contributed by atoms with Crippen LogP contribution in [0.1, 0.15) is 34.7 Å². The number of hydrogen-bond acceptors (Lipinski definition) is 4. The first-order chi connectivity index (χ1) is 17.2. The molecule has 0 spiro atoms. The molecule has 1 aromatic heterocycles. The largest absolute Gasteiger partial charge is 0.473 e. The molecule has 1 unspecified atom stereocenters. The second kappa shape index (κ2) is 9.58. The van der Waals surface area contributed by atoms with Gasteiger partial charge in [-0.05, 0) is 46.9 Å². The van der Waals surface area contributed by atoms with Crippen molar-refractivity contribution in [2.75, 3.05) is 11.9 Å². The fourth-order valence-electron chi connectivity index (χ4n) is 5.02. The summed E-state index contributed by atoms with van der Waals surface area (Å²) in [4.78, 5) is 7.16. The summed E-state index contributed by atoms with van der Waals surface area (Å²) in [5.74, 6) is 1.18. The van der Waals surface area contributed by atoms with Gasteiger partial charge in [-0.25, -0.2) is 0 Å². The van der Waals surface area contributed by atoms with E-state index in [1.165, 1.54) is 22.5 Å². The van der Waals surface area contributed by atoms with Crippen LogP contribution in [0.5, 0.6) is 11.8 Å². The average Bonchev–Trinajstić information content (AvgIpc) is 3.62. The third kappa shape index (κ3) is 4.05. The number of aryl methyl sites for hydroxylation is 1. The number of fused-ring (bicyclic) bond motifs is 3. The van der Waals surface area contributed by atoms with Gasteiger partial charge in [-0.1, -0.05) is 79.7 Å². The van der Waals surface area contributed by atoms with Gasteiger partial charge < -0.3 is 14.4 Å². The highest BCUT2D eigenvalue weighted by Gasteiger charge is 2.57. The summed E-state index contributed by atoms with van der Waals surface area (Å²) in [5, 5.41) is 0. The van der Waals surface area contributed by atoms with Crippen LogP contribution < -0.4 is 14.4 Å². The zero-order valence-corrected chi connectivity index (χ0v) is 20.6. The molecule has 1 aliphatic heterocycles. The van der Waals surface area contributed by atoms with Gasteiger partial charge in [0.2, 0.25) is 11.8 Å². The predicted octanol–water partition coefficient (Wildman–Crippen LogP) is 6.05. The molecule has 2 heterocycles. The molecule has 5 heteroatoms. The molecule has 2 aliphatic rings. The van der Waals surface area contributed by atoms with Gasteiger partial charge in [0.25, 0.3) is 0 Å². The van der Waals surface area contributed by atoms with Gasteiger partial charge in [0.05, 0.1) is 5.41 Å². The highest BCUT2D eigenvalue weighted by Crippen LogP contribution is 2.63. The van der Waals surface area contributed by atoms with E-state index in [-0.39, 0.29) is 13.8 Å². The molecular weight excluding hydrogens is 443 g/mol. The molecule has 0 saturated carbocycles. The van der Waals surface area contributed by atoms with Crippen molar-refractivity contribution < 1.29 is 9.47 Å². The summed E-state index contributed by atoms with van der Waals surface area (Å²) >= 11 is 0. The van der Waals surface area contributed by atoms with Crippen LogP contribution in [0.15, 0.2) is 103 Å². The summed E-state index contributed by atoms with van der Waals surface area (Å²) in [7, 11) is 2.15. The number of rotatable bonds is 8. The topological polar surface area (TPSA) is 34.6 Å². The van der Waals surface area contributed by atoms with Crippen molar-refractivity contribution in [2.45, 2.75) is 32.0 Å². The first kappa shape index (κ1) is 23.7. The van der Waals surface area contributed by atoms with Crippen LogP contribution in [0.25, 0.3) is 0 Å². The summed E-state index contributed by atoms with van der Waals surface area (Å²) in [6, 6.07) is 31.2. The summed E-state index contributed by atoms with van der Waals surface area (Å²) in [6.07, 6.45) is 3.34. The minimum atomic E-state index is -0.284. The fourth-order valence-corrected chi connectivity index (χ4v) is 5.02. The fraction of sp³-hybridized carbons (Fsp3) is 0.194. The number of aromatic nitrogens is 1. The van der Waals surface area contributed by atoms with E-state index in [2.05, 4.69) is 73.5 Å². The predicted molar refractivity (Wildman–Crippen MR) is 145 cm³/mol. The minimum Gasteiger partial charge on any atom is -0.473 e. The molecule has 177 valence electrons. The highest BCUT2D eigenvalue weighted by atomic mass is 16.5. The number of hydrogen-bond donors (Lipinski definition) is 0. The number of pyridine rings is 1. The Morgan fingerprint density at radius 3 is 2.06 bits per heavy atom. The van der Waals surface area contributed by atoms with E-state index in [1.807, 2.05) is 42.5 Å². The Labute approximate surface area is 214 Å². The average molecular weight is 471 g/mol. The van der Waals surface area contributed by atoms with Crippen LogP contribution in [0, 0.1) is 0 Å². The van der Waals surface area contributed by atoms with Crippen molar-refractivity contribution in [2.24, 2.45) is 0 Å². The first-order valence-corrected chi connectivity index (χ1v) is 12.1. The monoisotopic (exact) mass is 471 g/mol. The zero-order chi connectivity index (χ0) is 23.8. The first-order valence-electron chi connectivity index (χ1n) is 12.1. The molecule has 4 aromatic rings. The lowest BCUT2D eigenvalue weighted by atomic mass is 9.86. The molecule has 0 amide bonds. The van der Waals surface area contributed by atoms with E-state index >= 15 is 0 Å². The normalized spacial score (nSPS) is 16.9. The Balaban J connectivity index is 0.00000267. The molecule has 1 atom stereocenters. The van der Waals surface area contributed by atoms with E-state index in [0.717, 1.165) is 23.1 Å². The highest BCUT2D eigenvalue weighted by molar-refractivity contribution is 5.85. The molecule has 0 fully saturated rings. The maximum atomic E-state index is 6.37. The Kier molecular flexibility index (Phi) is 6.32. The van der Waals surface area contributed by atoms with Crippen LogP contribution in [0.4, 0.5) is 5.69 Å². The Morgan fingerprint density at radius 1 is 0.750 bits per heavy atom. The standard InChI is InChI=1S/C31H28N2O2.B/c1-3-22-14-15-25-27(18-22)33(2)28-19-31(25,28)26-16-17-29(34-20-23-10-6-4-7-11-23)32-30(26)35-21-24-12-8-5-9-13-24;/h4-19H,3,20-21H2,1-2H3;. The number of ether oxygens (including phenoxy) is 2. The van der Waals surface area contributed by atoms with Crippen molar-refractivity contribution in [3.8, 4) is 11.8 Å². The molecule has 0 bridgehead atoms. The molecule has 3 aromatic carbocycles. The lowest BCUT2D eigenvalue weighted by Gasteiger charge is -2.20. The molecular formula is C31H28BN2O2. The molecule has 0 saturated heterocycles. The van der Waals surface area contributed by atoms with E-state index in [4.69, 9.17) is 14.5 Å². The Bertz CT molecular complexity index is 1410. The SMILES string of the molecule is CCc1ccc2c(c1)N(C)C1=CC12c1ccc(OCc2ccccc2)nc1OCc1ccccc1.[B]. The van der Waals surface area contributed by atoms with Crippen molar-refractivity contribution in [3.63, 3.8) is 0 Å². The summed E-state index contributed by atoms with van der Waals surface area (Å²) in [6.45, 7) is 3.11. The number of benzene rings is 3. The van der Waals surface area contributed by atoms with Crippen LogP contribution in [-0.4, -0.2) is 20.4 Å². The van der Waals surface area contributed by atoms with Crippen molar-refractivity contribution in [1.29, 1.82) is 0 Å². The van der Waals surface area contributed by atoms with Crippen LogP contribution in [-0.2, 0) is 25.0 Å². The minimum absolute atomic E-state index is 0.